The highest BCUT2D eigenvalue weighted by Crippen LogP contribution is 2.39. The molecule has 0 amide bonds. The molecule has 1 aliphatic heterocycles. The van der Waals surface area contributed by atoms with Gasteiger partial charge < -0.3 is 10.1 Å². The number of benzene rings is 2. The predicted octanol–water partition coefficient (Wildman–Crippen LogP) is 3.77. The van der Waals surface area contributed by atoms with Gasteiger partial charge in [0.2, 0.25) is 0 Å². The number of rotatable bonds is 1. The molecule has 0 unspecified atom stereocenters. The zero-order valence-electron chi connectivity index (χ0n) is 9.57. The van der Waals surface area contributed by atoms with Gasteiger partial charge >= 0.3 is 0 Å². The first kappa shape index (κ1) is 10.5. The van der Waals surface area contributed by atoms with E-state index in [0.29, 0.717) is 0 Å². The van der Waals surface area contributed by atoms with Gasteiger partial charge in [-0.2, -0.15) is 0 Å². The van der Waals surface area contributed by atoms with Crippen LogP contribution in [0.4, 0.5) is 5.69 Å². The summed E-state index contributed by atoms with van der Waals surface area (Å²) in [5.41, 5.74) is 2.48. The molecule has 1 aliphatic rings. The third kappa shape index (κ3) is 1.98. The Labute approximate surface area is 105 Å². The van der Waals surface area contributed by atoms with Crippen LogP contribution in [0.3, 0.4) is 0 Å². The number of nitrogens with one attached hydrogen (secondary N) is 1. The third-order valence-corrected chi connectivity index (χ3v) is 4.04. The molecule has 17 heavy (non-hydrogen) atoms. The second-order valence-corrected chi connectivity index (χ2v) is 5.01. The summed E-state index contributed by atoms with van der Waals surface area (Å²) in [6.07, 6.45) is 0. The summed E-state index contributed by atoms with van der Waals surface area (Å²) in [6, 6.07) is 14.7. The van der Waals surface area contributed by atoms with Gasteiger partial charge in [0.05, 0.1) is 12.8 Å². The maximum absolute atomic E-state index is 5.25. The molecule has 0 saturated carbocycles. The van der Waals surface area contributed by atoms with Gasteiger partial charge in [0, 0.05) is 22.4 Å². The third-order valence-electron chi connectivity index (χ3n) is 2.85. The van der Waals surface area contributed by atoms with Crippen molar-refractivity contribution in [3.8, 4) is 5.75 Å². The molecule has 2 aromatic carbocycles. The van der Waals surface area contributed by atoms with Crippen LogP contribution in [0.2, 0.25) is 0 Å². The van der Waals surface area contributed by atoms with Gasteiger partial charge in [0.25, 0.3) is 0 Å². The topological polar surface area (TPSA) is 21.3 Å². The van der Waals surface area contributed by atoms with Crippen LogP contribution in [0.5, 0.6) is 5.75 Å². The van der Waals surface area contributed by atoms with Gasteiger partial charge in [-0.15, -0.1) is 0 Å². The Kier molecular flexibility index (Phi) is 2.69. The Morgan fingerprint density at radius 3 is 2.88 bits per heavy atom. The summed E-state index contributed by atoms with van der Waals surface area (Å²) in [5, 5.41) is 3.46. The predicted molar refractivity (Wildman–Crippen MR) is 70.9 cm³/mol. The van der Waals surface area contributed by atoms with Crippen molar-refractivity contribution in [1.29, 1.82) is 0 Å². The molecule has 0 saturated heterocycles. The lowest BCUT2D eigenvalue weighted by molar-refractivity contribution is 0.414. The molecule has 0 bridgehead atoms. The van der Waals surface area contributed by atoms with Gasteiger partial charge in [-0.25, -0.2) is 0 Å². The van der Waals surface area contributed by atoms with Crippen LogP contribution in [-0.2, 0) is 6.54 Å². The fraction of sp³-hybridized carbons (Fsp3) is 0.143. The Hall–Kier alpha value is -1.61. The zero-order valence-corrected chi connectivity index (χ0v) is 10.4. The summed E-state index contributed by atoms with van der Waals surface area (Å²) in [4.78, 5) is 2.57. The summed E-state index contributed by atoms with van der Waals surface area (Å²) in [6.45, 7) is 0.864. The molecule has 0 aromatic heterocycles. The lowest BCUT2D eigenvalue weighted by Gasteiger charge is -2.08. The van der Waals surface area contributed by atoms with Crippen molar-refractivity contribution >= 4 is 17.4 Å². The first-order valence-electron chi connectivity index (χ1n) is 5.54. The summed E-state index contributed by atoms with van der Waals surface area (Å²) in [5.74, 6) is 0.891. The SMILES string of the molecule is COc1ccc2c(c1)NCc1ccccc1S2. The quantitative estimate of drug-likeness (QED) is 0.823. The van der Waals surface area contributed by atoms with Gasteiger partial charge in [-0.05, 0) is 23.8 Å². The van der Waals surface area contributed by atoms with E-state index in [1.165, 1.54) is 15.4 Å². The molecule has 3 rings (SSSR count). The Bertz CT molecular complexity index is 554. The molecule has 1 N–H and O–H groups in total. The minimum Gasteiger partial charge on any atom is -0.497 e. The van der Waals surface area contributed by atoms with Crippen molar-refractivity contribution in [2.75, 3.05) is 12.4 Å². The molecule has 0 aliphatic carbocycles. The van der Waals surface area contributed by atoms with Crippen molar-refractivity contribution in [3.05, 3.63) is 48.0 Å². The molecule has 1 heterocycles. The van der Waals surface area contributed by atoms with Crippen LogP contribution < -0.4 is 10.1 Å². The average Bonchev–Trinajstić information content (AvgIpc) is 2.57. The number of ether oxygens (including phenoxy) is 1. The maximum atomic E-state index is 5.25. The molecule has 0 fully saturated rings. The van der Waals surface area contributed by atoms with E-state index < -0.39 is 0 Å². The van der Waals surface area contributed by atoms with Crippen LogP contribution in [0.1, 0.15) is 5.56 Å². The van der Waals surface area contributed by atoms with E-state index in [1.54, 1.807) is 18.9 Å². The highest BCUT2D eigenvalue weighted by molar-refractivity contribution is 7.99. The van der Waals surface area contributed by atoms with Crippen LogP contribution in [0, 0.1) is 0 Å². The lowest BCUT2D eigenvalue weighted by Crippen LogP contribution is -1.98. The van der Waals surface area contributed by atoms with E-state index in [2.05, 4.69) is 35.6 Å². The first-order chi connectivity index (χ1) is 8.36. The highest BCUT2D eigenvalue weighted by atomic mass is 32.2. The molecule has 0 atom stereocenters. The van der Waals surface area contributed by atoms with E-state index >= 15 is 0 Å². The number of hydrogen-bond donors (Lipinski definition) is 1. The van der Waals surface area contributed by atoms with Gasteiger partial charge in [0.1, 0.15) is 5.75 Å². The molecule has 3 heteroatoms. The first-order valence-corrected chi connectivity index (χ1v) is 6.36. The minimum atomic E-state index is 0.864. The molecule has 0 spiro atoms. The van der Waals surface area contributed by atoms with Gasteiger partial charge in [-0.3, -0.25) is 0 Å². The monoisotopic (exact) mass is 243 g/mol. The Balaban J connectivity index is 2.03. The highest BCUT2D eigenvalue weighted by Gasteiger charge is 2.13. The van der Waals surface area contributed by atoms with E-state index in [0.717, 1.165) is 18.0 Å². The standard InChI is InChI=1S/C14H13NOS/c1-16-11-6-7-14-12(8-11)15-9-10-4-2-3-5-13(10)17-14/h2-8,15H,9H2,1H3. The molecule has 86 valence electrons. The smallest absolute Gasteiger partial charge is 0.121 e. The minimum absolute atomic E-state index is 0.864. The molecule has 2 aromatic rings. The normalized spacial score (nSPS) is 13.0. The van der Waals surface area contributed by atoms with Crippen molar-refractivity contribution in [3.63, 3.8) is 0 Å². The van der Waals surface area contributed by atoms with Gasteiger partial charge in [-0.1, -0.05) is 30.0 Å². The second-order valence-electron chi connectivity index (χ2n) is 3.93. The van der Waals surface area contributed by atoms with Crippen LogP contribution in [0.25, 0.3) is 0 Å². The van der Waals surface area contributed by atoms with E-state index in [4.69, 9.17) is 4.74 Å². The number of fused-ring (bicyclic) bond motifs is 2. The molecular weight excluding hydrogens is 230 g/mol. The summed E-state index contributed by atoms with van der Waals surface area (Å²) < 4.78 is 5.25. The van der Waals surface area contributed by atoms with Crippen molar-refractivity contribution in [1.82, 2.24) is 0 Å². The van der Waals surface area contributed by atoms with E-state index in [9.17, 15) is 0 Å². The number of methoxy groups -OCH3 is 1. The van der Waals surface area contributed by atoms with Crippen molar-refractivity contribution < 1.29 is 4.74 Å². The lowest BCUT2D eigenvalue weighted by atomic mass is 10.2. The maximum Gasteiger partial charge on any atom is 0.121 e. The van der Waals surface area contributed by atoms with Crippen molar-refractivity contribution in [2.24, 2.45) is 0 Å². The Morgan fingerprint density at radius 1 is 1.12 bits per heavy atom. The zero-order chi connectivity index (χ0) is 11.7. The van der Waals surface area contributed by atoms with Crippen molar-refractivity contribution in [2.45, 2.75) is 16.3 Å². The van der Waals surface area contributed by atoms with Crippen LogP contribution >= 0.6 is 11.8 Å². The number of anilines is 1. The average molecular weight is 243 g/mol. The molecule has 0 radical (unpaired) electrons. The number of hydrogen-bond acceptors (Lipinski definition) is 3. The van der Waals surface area contributed by atoms with Crippen LogP contribution in [-0.4, -0.2) is 7.11 Å². The fourth-order valence-electron chi connectivity index (χ4n) is 1.92. The Morgan fingerprint density at radius 2 is 2.00 bits per heavy atom. The van der Waals surface area contributed by atoms with E-state index in [1.807, 2.05) is 12.1 Å². The molecular formula is C14H13NOS. The summed E-state index contributed by atoms with van der Waals surface area (Å²) in [7, 11) is 1.69. The van der Waals surface area contributed by atoms with Crippen LogP contribution in [0.15, 0.2) is 52.3 Å². The van der Waals surface area contributed by atoms with E-state index in [-0.39, 0.29) is 0 Å². The molecule has 2 nitrogen and oxygen atoms in total. The largest absolute Gasteiger partial charge is 0.497 e. The fourth-order valence-corrected chi connectivity index (χ4v) is 2.95. The summed E-state index contributed by atoms with van der Waals surface area (Å²) >= 11 is 1.80. The second kappa shape index (κ2) is 4.34. The van der Waals surface area contributed by atoms with Gasteiger partial charge in [0.15, 0.2) is 0 Å².